The van der Waals surface area contributed by atoms with Gasteiger partial charge >= 0.3 is 0 Å². The van der Waals surface area contributed by atoms with Gasteiger partial charge in [0, 0.05) is 4.88 Å². The van der Waals surface area contributed by atoms with Crippen LogP contribution in [0.4, 0.5) is 0 Å². The van der Waals surface area contributed by atoms with Crippen LogP contribution in [0.3, 0.4) is 0 Å². The number of benzene rings is 1. The number of hydrogen-bond acceptors (Lipinski definition) is 2. The Labute approximate surface area is 102 Å². The van der Waals surface area contributed by atoms with Gasteiger partial charge in [-0.1, -0.05) is 30.3 Å². The minimum atomic E-state index is -0.520. The van der Waals surface area contributed by atoms with Crippen LogP contribution < -0.4 is 0 Å². The standard InChI is InChI=1S/C12H11BrOS/c1-8-10(7-11(13)15-8)12(14)9-5-3-2-4-6-9/h2-7,12,14H,1H3. The molecule has 0 radical (unpaired) electrons. The van der Waals surface area contributed by atoms with Crippen LogP contribution in [0, 0.1) is 6.92 Å². The second-order valence-electron chi connectivity index (χ2n) is 3.38. The molecular weight excluding hydrogens is 272 g/mol. The molecule has 0 saturated carbocycles. The van der Waals surface area contributed by atoms with Crippen LogP contribution in [0.5, 0.6) is 0 Å². The Morgan fingerprint density at radius 3 is 2.47 bits per heavy atom. The summed E-state index contributed by atoms with van der Waals surface area (Å²) < 4.78 is 1.06. The van der Waals surface area contributed by atoms with E-state index in [1.807, 2.05) is 43.3 Å². The minimum Gasteiger partial charge on any atom is -0.384 e. The van der Waals surface area contributed by atoms with Gasteiger partial charge in [-0.25, -0.2) is 0 Å². The summed E-state index contributed by atoms with van der Waals surface area (Å²) in [7, 11) is 0. The van der Waals surface area contributed by atoms with Crippen molar-refractivity contribution in [3.05, 3.63) is 56.2 Å². The third-order valence-corrected chi connectivity index (χ3v) is 3.91. The van der Waals surface area contributed by atoms with Gasteiger partial charge in [0.1, 0.15) is 6.10 Å². The number of aliphatic hydroxyl groups is 1. The van der Waals surface area contributed by atoms with Crippen LogP contribution in [-0.4, -0.2) is 5.11 Å². The normalized spacial score (nSPS) is 12.7. The van der Waals surface area contributed by atoms with Gasteiger partial charge in [-0.15, -0.1) is 11.3 Å². The summed E-state index contributed by atoms with van der Waals surface area (Å²) in [5.41, 5.74) is 1.92. The maximum absolute atomic E-state index is 10.2. The van der Waals surface area contributed by atoms with Crippen molar-refractivity contribution in [3.63, 3.8) is 0 Å². The molecular formula is C12H11BrOS. The van der Waals surface area contributed by atoms with Gasteiger partial charge in [0.25, 0.3) is 0 Å². The molecule has 0 fully saturated rings. The smallest absolute Gasteiger partial charge is 0.105 e. The molecule has 1 N–H and O–H groups in total. The highest BCUT2D eigenvalue weighted by Crippen LogP contribution is 2.33. The lowest BCUT2D eigenvalue weighted by Crippen LogP contribution is -1.98. The third kappa shape index (κ3) is 2.30. The van der Waals surface area contributed by atoms with E-state index in [9.17, 15) is 5.11 Å². The molecule has 0 aliphatic carbocycles. The van der Waals surface area contributed by atoms with Gasteiger partial charge in [-0.2, -0.15) is 0 Å². The average Bonchev–Trinajstić information content (AvgIpc) is 2.58. The van der Waals surface area contributed by atoms with Gasteiger partial charge in [-0.05, 0) is 40.0 Å². The number of aliphatic hydroxyl groups excluding tert-OH is 1. The van der Waals surface area contributed by atoms with Crippen molar-refractivity contribution in [1.29, 1.82) is 0 Å². The second kappa shape index (κ2) is 4.47. The van der Waals surface area contributed by atoms with Crippen LogP contribution in [0.15, 0.2) is 40.2 Å². The molecule has 0 aliphatic rings. The Bertz CT molecular complexity index is 450. The Hall–Kier alpha value is -0.640. The summed E-state index contributed by atoms with van der Waals surface area (Å²) in [4.78, 5) is 1.15. The summed E-state index contributed by atoms with van der Waals surface area (Å²) in [5.74, 6) is 0. The summed E-state index contributed by atoms with van der Waals surface area (Å²) in [6, 6.07) is 11.7. The maximum atomic E-state index is 10.2. The van der Waals surface area contributed by atoms with Gasteiger partial charge in [-0.3, -0.25) is 0 Å². The van der Waals surface area contributed by atoms with Crippen LogP contribution in [0.2, 0.25) is 0 Å². The monoisotopic (exact) mass is 282 g/mol. The van der Waals surface area contributed by atoms with Crippen LogP contribution >= 0.6 is 27.3 Å². The Morgan fingerprint density at radius 2 is 1.93 bits per heavy atom. The average molecular weight is 283 g/mol. The van der Waals surface area contributed by atoms with Crippen molar-refractivity contribution in [2.45, 2.75) is 13.0 Å². The molecule has 1 heterocycles. The maximum Gasteiger partial charge on any atom is 0.105 e. The van der Waals surface area contributed by atoms with Crippen LogP contribution in [-0.2, 0) is 0 Å². The summed E-state index contributed by atoms with van der Waals surface area (Å²) >= 11 is 5.08. The predicted octanol–water partition coefficient (Wildman–Crippen LogP) is 3.90. The van der Waals surface area contributed by atoms with E-state index in [2.05, 4.69) is 15.9 Å². The first-order valence-corrected chi connectivity index (χ1v) is 6.28. The van der Waals surface area contributed by atoms with Crippen molar-refractivity contribution in [2.75, 3.05) is 0 Å². The van der Waals surface area contributed by atoms with Crippen molar-refractivity contribution in [2.24, 2.45) is 0 Å². The fourth-order valence-corrected chi connectivity index (χ4v) is 3.29. The molecule has 1 aromatic heterocycles. The molecule has 0 bridgehead atoms. The van der Waals surface area contributed by atoms with E-state index in [-0.39, 0.29) is 0 Å². The lowest BCUT2D eigenvalue weighted by Gasteiger charge is -2.10. The molecule has 3 heteroatoms. The highest BCUT2D eigenvalue weighted by atomic mass is 79.9. The van der Waals surface area contributed by atoms with E-state index in [1.54, 1.807) is 11.3 Å². The lowest BCUT2D eigenvalue weighted by atomic mass is 10.0. The molecule has 1 nitrogen and oxygen atoms in total. The van der Waals surface area contributed by atoms with Crippen molar-refractivity contribution < 1.29 is 5.11 Å². The Kier molecular flexibility index (Phi) is 3.24. The zero-order valence-electron chi connectivity index (χ0n) is 8.27. The summed E-state index contributed by atoms with van der Waals surface area (Å²) in [6.45, 7) is 2.02. The molecule has 1 aromatic carbocycles. The first-order valence-electron chi connectivity index (χ1n) is 4.67. The molecule has 0 spiro atoms. The highest BCUT2D eigenvalue weighted by Gasteiger charge is 2.14. The fraction of sp³-hybridized carbons (Fsp3) is 0.167. The van der Waals surface area contributed by atoms with Crippen molar-refractivity contribution in [3.8, 4) is 0 Å². The van der Waals surface area contributed by atoms with E-state index in [1.165, 1.54) is 0 Å². The van der Waals surface area contributed by atoms with E-state index < -0.39 is 6.10 Å². The first-order chi connectivity index (χ1) is 7.18. The highest BCUT2D eigenvalue weighted by molar-refractivity contribution is 9.11. The topological polar surface area (TPSA) is 20.2 Å². The van der Waals surface area contributed by atoms with Crippen LogP contribution in [0.25, 0.3) is 0 Å². The molecule has 2 aromatic rings. The largest absolute Gasteiger partial charge is 0.384 e. The third-order valence-electron chi connectivity index (χ3n) is 2.34. The molecule has 0 saturated heterocycles. The number of halogens is 1. The van der Waals surface area contributed by atoms with Gasteiger partial charge in [0.2, 0.25) is 0 Å². The molecule has 15 heavy (non-hydrogen) atoms. The van der Waals surface area contributed by atoms with Gasteiger partial charge in [0.15, 0.2) is 0 Å². The molecule has 0 aliphatic heterocycles. The number of aryl methyl sites for hydroxylation is 1. The molecule has 78 valence electrons. The van der Waals surface area contributed by atoms with Gasteiger partial charge in [0.05, 0.1) is 3.79 Å². The summed E-state index contributed by atoms with van der Waals surface area (Å²) in [5, 5.41) is 10.2. The van der Waals surface area contributed by atoms with Crippen molar-refractivity contribution in [1.82, 2.24) is 0 Å². The Balaban J connectivity index is 2.36. The second-order valence-corrected chi connectivity index (χ2v) is 6.01. The van der Waals surface area contributed by atoms with E-state index >= 15 is 0 Å². The van der Waals surface area contributed by atoms with Crippen LogP contribution in [0.1, 0.15) is 22.1 Å². The quantitative estimate of drug-likeness (QED) is 0.886. The molecule has 1 atom stereocenters. The molecule has 1 unspecified atom stereocenters. The number of rotatable bonds is 2. The zero-order valence-corrected chi connectivity index (χ0v) is 10.7. The first kappa shape index (κ1) is 10.9. The van der Waals surface area contributed by atoms with Gasteiger partial charge < -0.3 is 5.11 Å². The van der Waals surface area contributed by atoms with E-state index in [4.69, 9.17) is 0 Å². The van der Waals surface area contributed by atoms with E-state index in [0.717, 1.165) is 19.8 Å². The molecule has 0 amide bonds. The predicted molar refractivity (Wildman–Crippen MR) is 67.3 cm³/mol. The minimum absolute atomic E-state index is 0.520. The Morgan fingerprint density at radius 1 is 1.27 bits per heavy atom. The zero-order chi connectivity index (χ0) is 10.8. The summed E-state index contributed by atoms with van der Waals surface area (Å²) in [6.07, 6.45) is -0.520. The number of hydrogen-bond donors (Lipinski definition) is 1. The SMILES string of the molecule is Cc1sc(Br)cc1C(O)c1ccccc1. The van der Waals surface area contributed by atoms with E-state index in [0.29, 0.717) is 0 Å². The number of thiophene rings is 1. The van der Waals surface area contributed by atoms with Crippen molar-refractivity contribution >= 4 is 27.3 Å². The fourth-order valence-electron chi connectivity index (χ4n) is 1.54. The molecule has 2 rings (SSSR count). The lowest BCUT2D eigenvalue weighted by molar-refractivity contribution is 0.220.